The molecule has 0 aromatic heterocycles. The van der Waals surface area contributed by atoms with E-state index in [-0.39, 0.29) is 0 Å². The maximum Gasteiger partial charge on any atom is 0.399 e. The molecule has 1 aliphatic carbocycles. The first-order valence-electron chi connectivity index (χ1n) is 5.04. The van der Waals surface area contributed by atoms with Crippen molar-refractivity contribution < 1.29 is 8.85 Å². The van der Waals surface area contributed by atoms with Gasteiger partial charge in [0, 0.05) is 26.4 Å². The Hall–Kier alpha value is 0.0969. The van der Waals surface area contributed by atoms with Crippen molar-refractivity contribution in [2.75, 3.05) is 20.4 Å². The first-order chi connectivity index (χ1) is 6.36. The summed E-state index contributed by atoms with van der Waals surface area (Å²) in [5.74, 6) is 0. The van der Waals surface area contributed by atoms with Crippen LogP contribution in [0.4, 0.5) is 0 Å². The molecule has 4 heteroatoms. The van der Waals surface area contributed by atoms with Crippen LogP contribution in [0.1, 0.15) is 32.1 Å². The SMILES string of the molecule is CO[Si](CNC1CCCCC1)OC. The highest BCUT2D eigenvalue weighted by molar-refractivity contribution is 6.44. The van der Waals surface area contributed by atoms with E-state index in [0.717, 1.165) is 6.17 Å². The first-order valence-corrected chi connectivity index (χ1v) is 6.56. The summed E-state index contributed by atoms with van der Waals surface area (Å²) < 4.78 is 10.4. The number of rotatable bonds is 5. The lowest BCUT2D eigenvalue weighted by atomic mass is 9.96. The van der Waals surface area contributed by atoms with Gasteiger partial charge in [-0.25, -0.2) is 0 Å². The monoisotopic (exact) mass is 202 g/mol. The number of hydrogen-bond donors (Lipinski definition) is 1. The van der Waals surface area contributed by atoms with Crippen LogP contribution < -0.4 is 5.32 Å². The fourth-order valence-corrected chi connectivity index (χ4v) is 2.67. The molecular weight excluding hydrogens is 182 g/mol. The van der Waals surface area contributed by atoms with E-state index in [1.807, 2.05) is 0 Å². The van der Waals surface area contributed by atoms with Crippen molar-refractivity contribution in [1.29, 1.82) is 0 Å². The van der Waals surface area contributed by atoms with Gasteiger partial charge in [0.25, 0.3) is 0 Å². The van der Waals surface area contributed by atoms with Gasteiger partial charge in [-0.1, -0.05) is 19.3 Å². The van der Waals surface area contributed by atoms with Crippen LogP contribution in [-0.2, 0) is 8.85 Å². The molecule has 0 unspecified atom stereocenters. The summed E-state index contributed by atoms with van der Waals surface area (Å²) in [5, 5.41) is 3.52. The molecule has 0 saturated heterocycles. The molecule has 1 N–H and O–H groups in total. The molecule has 0 heterocycles. The summed E-state index contributed by atoms with van der Waals surface area (Å²) in [7, 11) is 2.41. The molecule has 0 spiro atoms. The molecule has 0 amide bonds. The fraction of sp³-hybridized carbons (Fsp3) is 1.00. The van der Waals surface area contributed by atoms with Gasteiger partial charge in [0.05, 0.1) is 0 Å². The molecule has 0 aliphatic heterocycles. The summed E-state index contributed by atoms with van der Waals surface area (Å²) >= 11 is 0. The van der Waals surface area contributed by atoms with Crippen LogP contribution in [0.15, 0.2) is 0 Å². The van der Waals surface area contributed by atoms with Gasteiger partial charge in [-0.05, 0) is 12.8 Å². The second-order valence-corrected chi connectivity index (χ2v) is 5.41. The molecule has 0 atom stereocenters. The van der Waals surface area contributed by atoms with Gasteiger partial charge < -0.3 is 14.2 Å². The maximum atomic E-state index is 5.21. The van der Waals surface area contributed by atoms with Gasteiger partial charge in [0.15, 0.2) is 0 Å². The minimum atomic E-state index is -1.03. The largest absolute Gasteiger partial charge is 0.399 e. The number of nitrogens with one attached hydrogen (secondary N) is 1. The lowest BCUT2D eigenvalue weighted by Crippen LogP contribution is -2.41. The summed E-state index contributed by atoms with van der Waals surface area (Å²) in [6.07, 6.45) is 7.71. The van der Waals surface area contributed by atoms with Crippen LogP contribution in [-0.4, -0.2) is 35.7 Å². The molecule has 1 radical (unpaired) electrons. The van der Waals surface area contributed by atoms with Crippen molar-refractivity contribution in [3.8, 4) is 0 Å². The van der Waals surface area contributed by atoms with E-state index in [9.17, 15) is 0 Å². The van der Waals surface area contributed by atoms with Crippen LogP contribution in [0.3, 0.4) is 0 Å². The van der Waals surface area contributed by atoms with E-state index in [1.54, 1.807) is 14.2 Å². The zero-order valence-electron chi connectivity index (χ0n) is 8.64. The van der Waals surface area contributed by atoms with E-state index < -0.39 is 9.28 Å². The van der Waals surface area contributed by atoms with Crippen molar-refractivity contribution in [2.45, 2.75) is 38.1 Å². The molecule has 0 aromatic rings. The van der Waals surface area contributed by atoms with Crippen LogP contribution in [0.25, 0.3) is 0 Å². The number of hydrogen-bond acceptors (Lipinski definition) is 3. The Bertz CT molecular complexity index is 125. The second kappa shape index (κ2) is 6.54. The van der Waals surface area contributed by atoms with Crippen molar-refractivity contribution in [3.63, 3.8) is 0 Å². The van der Waals surface area contributed by atoms with Gasteiger partial charge in [-0.15, -0.1) is 0 Å². The highest BCUT2D eigenvalue weighted by Crippen LogP contribution is 2.17. The fourth-order valence-electron chi connectivity index (χ4n) is 1.76. The van der Waals surface area contributed by atoms with Crippen LogP contribution in [0.2, 0.25) is 0 Å². The summed E-state index contributed by atoms with van der Waals surface area (Å²) in [5.41, 5.74) is 0. The molecule has 0 aromatic carbocycles. The minimum absolute atomic E-state index is 0.707. The van der Waals surface area contributed by atoms with Crippen molar-refractivity contribution in [2.24, 2.45) is 0 Å². The van der Waals surface area contributed by atoms with E-state index in [2.05, 4.69) is 5.32 Å². The minimum Gasteiger partial charge on any atom is -0.396 e. The van der Waals surface area contributed by atoms with Crippen LogP contribution in [0, 0.1) is 0 Å². The zero-order valence-corrected chi connectivity index (χ0v) is 9.64. The third-order valence-corrected chi connectivity index (χ3v) is 4.00. The van der Waals surface area contributed by atoms with E-state index in [0.29, 0.717) is 6.04 Å². The van der Waals surface area contributed by atoms with Crippen LogP contribution >= 0.6 is 0 Å². The summed E-state index contributed by atoms with van der Waals surface area (Å²) in [4.78, 5) is 0. The molecule has 1 rings (SSSR count). The van der Waals surface area contributed by atoms with E-state index >= 15 is 0 Å². The Morgan fingerprint density at radius 1 is 1.15 bits per heavy atom. The predicted molar refractivity (Wildman–Crippen MR) is 54.6 cm³/mol. The van der Waals surface area contributed by atoms with E-state index in [1.165, 1.54) is 32.1 Å². The Kier molecular flexibility index (Phi) is 5.62. The highest BCUT2D eigenvalue weighted by atomic mass is 28.3. The third kappa shape index (κ3) is 4.22. The predicted octanol–water partition coefficient (Wildman–Crippen LogP) is 1.23. The second-order valence-electron chi connectivity index (χ2n) is 3.50. The lowest BCUT2D eigenvalue weighted by molar-refractivity contribution is 0.268. The summed E-state index contributed by atoms with van der Waals surface area (Å²) in [6.45, 7) is 0. The average Bonchev–Trinajstić information content (AvgIpc) is 2.21. The van der Waals surface area contributed by atoms with E-state index in [4.69, 9.17) is 8.85 Å². The van der Waals surface area contributed by atoms with Gasteiger partial charge >= 0.3 is 9.28 Å². The quantitative estimate of drug-likeness (QED) is 0.680. The van der Waals surface area contributed by atoms with Gasteiger partial charge in [-0.3, -0.25) is 0 Å². The van der Waals surface area contributed by atoms with Crippen LogP contribution in [0.5, 0.6) is 0 Å². The van der Waals surface area contributed by atoms with Crippen molar-refractivity contribution >= 4 is 9.28 Å². The molecule has 3 nitrogen and oxygen atoms in total. The molecular formula is C9H20NO2Si. The highest BCUT2D eigenvalue weighted by Gasteiger charge is 2.17. The Morgan fingerprint density at radius 2 is 1.77 bits per heavy atom. The van der Waals surface area contributed by atoms with Crippen molar-refractivity contribution in [1.82, 2.24) is 5.32 Å². The molecule has 1 aliphatic rings. The topological polar surface area (TPSA) is 30.5 Å². The molecule has 1 fully saturated rings. The lowest BCUT2D eigenvalue weighted by Gasteiger charge is -2.23. The standard InChI is InChI=1S/C9H20NO2Si/c1-11-13(12-2)8-10-9-6-4-3-5-7-9/h9-10H,3-8H2,1-2H3. The van der Waals surface area contributed by atoms with Gasteiger partial charge in [0.2, 0.25) is 0 Å². The normalized spacial score (nSPS) is 19.6. The molecule has 77 valence electrons. The smallest absolute Gasteiger partial charge is 0.396 e. The Labute approximate surface area is 82.7 Å². The first kappa shape index (κ1) is 11.2. The van der Waals surface area contributed by atoms with Gasteiger partial charge in [0.1, 0.15) is 0 Å². The van der Waals surface area contributed by atoms with Gasteiger partial charge in [-0.2, -0.15) is 0 Å². The zero-order chi connectivity index (χ0) is 9.52. The van der Waals surface area contributed by atoms with Crippen molar-refractivity contribution in [3.05, 3.63) is 0 Å². The summed E-state index contributed by atoms with van der Waals surface area (Å²) in [6, 6.07) is 0.707. The molecule has 0 bridgehead atoms. The third-order valence-electron chi connectivity index (χ3n) is 2.60. The Balaban J connectivity index is 2.09. The molecule has 13 heavy (non-hydrogen) atoms. The average molecular weight is 202 g/mol. The Morgan fingerprint density at radius 3 is 2.31 bits per heavy atom. The molecule has 1 saturated carbocycles. The maximum absolute atomic E-state index is 5.21.